The third-order valence-electron chi connectivity index (χ3n) is 3.07. The molecule has 1 unspecified atom stereocenters. The lowest BCUT2D eigenvalue weighted by Gasteiger charge is -2.10. The molecule has 1 rings (SSSR count). The number of nitrogens with two attached hydrogens (primary N) is 1. The normalized spacial score (nSPS) is 12.9. The zero-order valence-corrected chi connectivity index (χ0v) is 12.7. The van der Waals surface area contributed by atoms with E-state index in [-0.39, 0.29) is 10.8 Å². The first-order valence-electron chi connectivity index (χ1n) is 6.63. The van der Waals surface area contributed by atoms with Gasteiger partial charge >= 0.3 is 0 Å². The van der Waals surface area contributed by atoms with Crippen LogP contribution in [0.4, 0.5) is 5.69 Å². The fourth-order valence-corrected chi connectivity index (χ4v) is 2.50. The Bertz CT molecular complexity index is 555. The first kappa shape index (κ1) is 16.7. The van der Waals surface area contributed by atoms with Gasteiger partial charge in [0, 0.05) is 18.4 Å². The van der Waals surface area contributed by atoms with Gasteiger partial charge in [-0.1, -0.05) is 13.0 Å². The van der Waals surface area contributed by atoms with Crippen molar-refractivity contribution in [2.75, 3.05) is 18.1 Å². The van der Waals surface area contributed by atoms with Crippen molar-refractivity contribution < 1.29 is 13.2 Å². The summed E-state index contributed by atoms with van der Waals surface area (Å²) in [5.41, 5.74) is 5.96. The summed E-state index contributed by atoms with van der Waals surface area (Å²) in [4.78, 5) is 12.0. The molecular weight excluding hydrogens is 276 g/mol. The lowest BCUT2D eigenvalue weighted by Crippen LogP contribution is -2.14. The highest BCUT2D eigenvalue weighted by atomic mass is 32.2. The van der Waals surface area contributed by atoms with E-state index in [2.05, 4.69) is 12.2 Å². The number of hydrogen-bond acceptors (Lipinski definition) is 4. The van der Waals surface area contributed by atoms with Gasteiger partial charge in [0.1, 0.15) is 0 Å². The maximum Gasteiger partial charge on any atom is 0.224 e. The maximum atomic E-state index is 11.8. The summed E-state index contributed by atoms with van der Waals surface area (Å²) in [7, 11) is -3.26. The molecule has 5 nitrogen and oxygen atoms in total. The first-order chi connectivity index (χ1) is 9.32. The minimum absolute atomic E-state index is 0.112. The Labute approximate surface area is 120 Å². The van der Waals surface area contributed by atoms with Gasteiger partial charge < -0.3 is 11.1 Å². The molecular formula is C14H22N2O3S. The van der Waals surface area contributed by atoms with E-state index in [0.29, 0.717) is 24.6 Å². The average molecular weight is 298 g/mol. The molecule has 0 radical (unpaired) electrons. The summed E-state index contributed by atoms with van der Waals surface area (Å²) in [5, 5.41) is 2.72. The van der Waals surface area contributed by atoms with E-state index in [0.717, 1.165) is 19.1 Å². The predicted molar refractivity (Wildman–Crippen MR) is 80.3 cm³/mol. The summed E-state index contributed by atoms with van der Waals surface area (Å²) in [5.74, 6) is 0.299. The van der Waals surface area contributed by atoms with Crippen LogP contribution < -0.4 is 11.1 Å². The van der Waals surface area contributed by atoms with E-state index in [9.17, 15) is 13.2 Å². The molecule has 0 bridgehead atoms. The molecule has 20 heavy (non-hydrogen) atoms. The van der Waals surface area contributed by atoms with Crippen molar-refractivity contribution in [1.29, 1.82) is 0 Å². The second-order valence-corrected chi connectivity index (χ2v) is 7.09. The molecule has 1 amide bonds. The van der Waals surface area contributed by atoms with E-state index in [1.165, 1.54) is 12.1 Å². The Kier molecular flexibility index (Phi) is 6.16. The largest absolute Gasteiger partial charge is 0.330 e. The molecule has 0 saturated heterocycles. The van der Waals surface area contributed by atoms with Gasteiger partial charge in [0.2, 0.25) is 5.91 Å². The lowest BCUT2D eigenvalue weighted by atomic mass is 10.0. The molecule has 3 N–H and O–H groups in total. The summed E-state index contributed by atoms with van der Waals surface area (Å²) < 4.78 is 22.9. The molecule has 1 aromatic rings. The predicted octanol–water partition coefficient (Wildman–Crippen LogP) is 1.79. The SMILES string of the molecule is CC(CCN)CCC(=O)Nc1cccc(S(C)(=O)=O)c1. The molecule has 0 spiro atoms. The molecule has 6 heteroatoms. The Morgan fingerprint density at radius 3 is 2.65 bits per heavy atom. The minimum Gasteiger partial charge on any atom is -0.330 e. The van der Waals surface area contributed by atoms with Gasteiger partial charge in [-0.2, -0.15) is 0 Å². The van der Waals surface area contributed by atoms with Crippen LogP contribution in [0, 0.1) is 5.92 Å². The third-order valence-corrected chi connectivity index (χ3v) is 4.18. The van der Waals surface area contributed by atoms with Crippen LogP contribution >= 0.6 is 0 Å². The number of sulfone groups is 1. The molecule has 0 fully saturated rings. The second kappa shape index (κ2) is 7.40. The molecule has 0 aliphatic rings. The van der Waals surface area contributed by atoms with Crippen molar-refractivity contribution in [3.8, 4) is 0 Å². The second-order valence-electron chi connectivity index (χ2n) is 5.07. The van der Waals surface area contributed by atoms with Crippen molar-refractivity contribution in [1.82, 2.24) is 0 Å². The Balaban J connectivity index is 2.58. The summed E-state index contributed by atoms with van der Waals surface area (Å²) in [6, 6.07) is 6.27. The van der Waals surface area contributed by atoms with Crippen molar-refractivity contribution in [3.05, 3.63) is 24.3 Å². The molecule has 1 aromatic carbocycles. The number of benzene rings is 1. The summed E-state index contributed by atoms with van der Waals surface area (Å²) in [6.45, 7) is 2.68. The summed E-state index contributed by atoms with van der Waals surface area (Å²) >= 11 is 0. The van der Waals surface area contributed by atoms with Gasteiger partial charge in [0.25, 0.3) is 0 Å². The minimum atomic E-state index is -3.26. The van der Waals surface area contributed by atoms with Gasteiger partial charge in [-0.05, 0) is 43.5 Å². The van der Waals surface area contributed by atoms with Crippen LogP contribution in [-0.2, 0) is 14.6 Å². The smallest absolute Gasteiger partial charge is 0.224 e. The van der Waals surface area contributed by atoms with Crippen molar-refractivity contribution in [2.24, 2.45) is 11.7 Å². The fourth-order valence-electron chi connectivity index (χ4n) is 1.83. The van der Waals surface area contributed by atoms with Gasteiger partial charge in [-0.15, -0.1) is 0 Å². The van der Waals surface area contributed by atoms with Crippen LogP contribution in [0.1, 0.15) is 26.2 Å². The van der Waals surface area contributed by atoms with Gasteiger partial charge in [0.15, 0.2) is 9.84 Å². The maximum absolute atomic E-state index is 11.8. The zero-order chi connectivity index (χ0) is 15.2. The Hall–Kier alpha value is -1.40. The van der Waals surface area contributed by atoms with Crippen molar-refractivity contribution >= 4 is 21.4 Å². The van der Waals surface area contributed by atoms with Crippen LogP contribution in [0.3, 0.4) is 0 Å². The van der Waals surface area contributed by atoms with Crippen LogP contribution in [0.25, 0.3) is 0 Å². The molecule has 112 valence electrons. The molecule has 0 aliphatic carbocycles. The molecule has 0 aliphatic heterocycles. The quantitative estimate of drug-likeness (QED) is 0.803. The van der Waals surface area contributed by atoms with E-state index < -0.39 is 9.84 Å². The number of nitrogens with one attached hydrogen (secondary N) is 1. The average Bonchev–Trinajstić information content (AvgIpc) is 2.36. The van der Waals surface area contributed by atoms with Crippen molar-refractivity contribution in [3.63, 3.8) is 0 Å². The third kappa shape index (κ3) is 5.71. The fraction of sp³-hybridized carbons (Fsp3) is 0.500. The number of carbonyl (C=O) groups excluding carboxylic acids is 1. The van der Waals surface area contributed by atoms with Crippen LogP contribution in [0.2, 0.25) is 0 Å². The van der Waals surface area contributed by atoms with Crippen molar-refractivity contribution in [2.45, 2.75) is 31.1 Å². The van der Waals surface area contributed by atoms with E-state index in [1.54, 1.807) is 12.1 Å². The van der Waals surface area contributed by atoms with Crippen LogP contribution in [0.15, 0.2) is 29.2 Å². The standard InChI is InChI=1S/C14H22N2O3S/c1-11(8-9-15)6-7-14(17)16-12-4-3-5-13(10-12)20(2,18)19/h3-5,10-11H,6-9,15H2,1-2H3,(H,16,17). The lowest BCUT2D eigenvalue weighted by molar-refractivity contribution is -0.116. The van der Waals surface area contributed by atoms with E-state index in [1.807, 2.05) is 0 Å². The number of hydrogen-bond donors (Lipinski definition) is 2. The Morgan fingerprint density at radius 2 is 2.05 bits per heavy atom. The highest BCUT2D eigenvalue weighted by molar-refractivity contribution is 7.90. The van der Waals surface area contributed by atoms with E-state index in [4.69, 9.17) is 5.73 Å². The highest BCUT2D eigenvalue weighted by Gasteiger charge is 2.10. The molecule has 0 saturated carbocycles. The first-order valence-corrected chi connectivity index (χ1v) is 8.52. The monoisotopic (exact) mass is 298 g/mol. The van der Waals surface area contributed by atoms with E-state index >= 15 is 0 Å². The molecule has 0 aromatic heterocycles. The van der Waals surface area contributed by atoms with Gasteiger partial charge in [-0.3, -0.25) is 4.79 Å². The van der Waals surface area contributed by atoms with Gasteiger partial charge in [-0.25, -0.2) is 8.42 Å². The summed E-state index contributed by atoms with van der Waals surface area (Å²) in [6.07, 6.45) is 3.22. The zero-order valence-electron chi connectivity index (χ0n) is 11.9. The number of amides is 1. The topological polar surface area (TPSA) is 89.3 Å². The molecule has 0 heterocycles. The molecule has 1 atom stereocenters. The Morgan fingerprint density at radius 1 is 1.35 bits per heavy atom. The van der Waals surface area contributed by atoms with Crippen LogP contribution in [-0.4, -0.2) is 27.1 Å². The van der Waals surface area contributed by atoms with Crippen LogP contribution in [0.5, 0.6) is 0 Å². The number of carbonyl (C=O) groups is 1. The number of anilines is 1. The highest BCUT2D eigenvalue weighted by Crippen LogP contribution is 2.16. The number of rotatable bonds is 7. The van der Waals surface area contributed by atoms with Gasteiger partial charge in [0.05, 0.1) is 4.90 Å².